The van der Waals surface area contributed by atoms with Crippen LogP contribution in [-0.2, 0) is 19.1 Å². The SMILES string of the molecule is COC(=O)C1CCN(C(=O)[C@@H]2CCCN2C(=O)OC(C)(C)C)CC1. The number of nitrogens with zero attached hydrogens (tertiary/aromatic N) is 2. The standard InChI is InChI=1S/C17H28N2O5/c1-17(2,3)24-16(22)19-9-5-6-13(19)14(20)18-10-7-12(8-11-18)15(21)23-4/h12-13H,5-11H2,1-4H3/t13-/m0/s1. The summed E-state index contributed by atoms with van der Waals surface area (Å²) in [5.41, 5.74) is -0.577. The molecule has 0 saturated carbocycles. The van der Waals surface area contributed by atoms with Crippen LogP contribution < -0.4 is 0 Å². The number of carbonyl (C=O) groups is 3. The van der Waals surface area contributed by atoms with Gasteiger partial charge < -0.3 is 14.4 Å². The van der Waals surface area contributed by atoms with Gasteiger partial charge >= 0.3 is 12.1 Å². The monoisotopic (exact) mass is 340 g/mol. The molecule has 2 aliphatic rings. The Kier molecular flexibility index (Phi) is 5.72. The van der Waals surface area contributed by atoms with Gasteiger partial charge in [0, 0.05) is 19.6 Å². The first-order valence-electron chi connectivity index (χ1n) is 8.59. The lowest BCUT2D eigenvalue weighted by Crippen LogP contribution is -2.51. The molecule has 2 heterocycles. The van der Waals surface area contributed by atoms with Crippen molar-refractivity contribution in [3.05, 3.63) is 0 Å². The number of likely N-dealkylation sites (tertiary alicyclic amines) is 2. The highest BCUT2D eigenvalue weighted by molar-refractivity contribution is 5.86. The Labute approximate surface area is 143 Å². The lowest BCUT2D eigenvalue weighted by atomic mass is 9.96. The van der Waals surface area contributed by atoms with E-state index in [1.54, 1.807) is 9.80 Å². The zero-order valence-electron chi connectivity index (χ0n) is 15.0. The number of methoxy groups -OCH3 is 1. The fourth-order valence-electron chi connectivity index (χ4n) is 3.28. The summed E-state index contributed by atoms with van der Waals surface area (Å²) in [7, 11) is 1.39. The topological polar surface area (TPSA) is 76.2 Å². The summed E-state index contributed by atoms with van der Waals surface area (Å²) < 4.78 is 10.2. The van der Waals surface area contributed by atoms with Crippen molar-refractivity contribution in [3.8, 4) is 0 Å². The minimum atomic E-state index is -0.577. The van der Waals surface area contributed by atoms with Crippen molar-refractivity contribution >= 4 is 18.0 Å². The number of carbonyl (C=O) groups excluding carboxylic acids is 3. The number of esters is 1. The van der Waals surface area contributed by atoms with Crippen LogP contribution in [0.1, 0.15) is 46.5 Å². The molecule has 2 fully saturated rings. The molecule has 1 atom stereocenters. The van der Waals surface area contributed by atoms with Crippen LogP contribution in [0.15, 0.2) is 0 Å². The highest BCUT2D eigenvalue weighted by Gasteiger charge is 2.39. The van der Waals surface area contributed by atoms with E-state index in [1.165, 1.54) is 7.11 Å². The van der Waals surface area contributed by atoms with Gasteiger partial charge in [0.25, 0.3) is 0 Å². The van der Waals surface area contributed by atoms with Gasteiger partial charge in [0.1, 0.15) is 11.6 Å². The van der Waals surface area contributed by atoms with Crippen LogP contribution in [0.4, 0.5) is 4.79 Å². The number of piperidine rings is 1. The molecule has 0 spiro atoms. The average molecular weight is 340 g/mol. The van der Waals surface area contributed by atoms with Crippen LogP contribution in [0.3, 0.4) is 0 Å². The fourth-order valence-corrected chi connectivity index (χ4v) is 3.28. The molecule has 0 aliphatic carbocycles. The van der Waals surface area contributed by atoms with Gasteiger partial charge in [-0.3, -0.25) is 14.5 Å². The van der Waals surface area contributed by atoms with E-state index in [4.69, 9.17) is 9.47 Å². The molecular weight excluding hydrogens is 312 g/mol. The molecule has 0 aromatic rings. The summed E-state index contributed by atoms with van der Waals surface area (Å²) in [6.07, 6.45) is 2.25. The second kappa shape index (κ2) is 7.40. The third kappa shape index (κ3) is 4.39. The second-order valence-corrected chi connectivity index (χ2v) is 7.45. The maximum atomic E-state index is 12.8. The van der Waals surface area contributed by atoms with Gasteiger partial charge in [0.15, 0.2) is 0 Å². The molecule has 7 heteroatoms. The quantitative estimate of drug-likeness (QED) is 0.717. The normalized spacial score (nSPS) is 22.4. The molecule has 136 valence electrons. The van der Waals surface area contributed by atoms with E-state index >= 15 is 0 Å². The van der Waals surface area contributed by atoms with Crippen LogP contribution in [0.2, 0.25) is 0 Å². The molecule has 7 nitrogen and oxygen atoms in total. The lowest BCUT2D eigenvalue weighted by molar-refractivity contribution is -0.149. The Morgan fingerprint density at radius 3 is 2.17 bits per heavy atom. The molecule has 2 rings (SSSR count). The molecule has 0 N–H and O–H groups in total. The van der Waals surface area contributed by atoms with Crippen molar-refractivity contribution in [1.29, 1.82) is 0 Å². The molecular formula is C17H28N2O5. The molecule has 0 aromatic heterocycles. The van der Waals surface area contributed by atoms with E-state index in [0.29, 0.717) is 38.9 Å². The lowest BCUT2D eigenvalue weighted by Gasteiger charge is -2.35. The largest absolute Gasteiger partial charge is 0.469 e. The maximum Gasteiger partial charge on any atom is 0.410 e. The van der Waals surface area contributed by atoms with Crippen LogP contribution in [0, 0.1) is 5.92 Å². The van der Waals surface area contributed by atoms with Gasteiger partial charge in [-0.2, -0.15) is 0 Å². The number of ether oxygens (including phenoxy) is 2. The summed E-state index contributed by atoms with van der Waals surface area (Å²) in [4.78, 5) is 40.0. The molecule has 24 heavy (non-hydrogen) atoms. The van der Waals surface area contributed by atoms with Crippen LogP contribution >= 0.6 is 0 Å². The molecule has 0 radical (unpaired) electrons. The summed E-state index contributed by atoms with van der Waals surface area (Å²) in [5.74, 6) is -0.385. The Balaban J connectivity index is 1.94. The van der Waals surface area contributed by atoms with E-state index in [-0.39, 0.29) is 17.8 Å². The number of hydrogen-bond donors (Lipinski definition) is 0. The van der Waals surface area contributed by atoms with Crippen molar-refractivity contribution < 1.29 is 23.9 Å². The summed E-state index contributed by atoms with van der Waals surface area (Å²) in [5, 5.41) is 0. The van der Waals surface area contributed by atoms with Crippen molar-refractivity contribution in [3.63, 3.8) is 0 Å². The summed E-state index contributed by atoms with van der Waals surface area (Å²) in [6.45, 7) is 7.04. The molecule has 0 unspecified atom stereocenters. The number of hydrogen-bond acceptors (Lipinski definition) is 5. The first-order valence-corrected chi connectivity index (χ1v) is 8.59. The van der Waals surface area contributed by atoms with E-state index in [9.17, 15) is 14.4 Å². The molecule has 2 aliphatic heterocycles. The first-order chi connectivity index (χ1) is 11.2. The van der Waals surface area contributed by atoms with Crippen LogP contribution in [-0.4, -0.2) is 66.2 Å². The van der Waals surface area contributed by atoms with Gasteiger partial charge in [-0.05, 0) is 46.5 Å². The zero-order valence-corrected chi connectivity index (χ0v) is 15.0. The number of rotatable bonds is 2. The van der Waals surface area contributed by atoms with Gasteiger partial charge in [0.05, 0.1) is 13.0 Å². The smallest absolute Gasteiger partial charge is 0.410 e. The molecule has 2 saturated heterocycles. The van der Waals surface area contributed by atoms with E-state index in [1.807, 2.05) is 20.8 Å². The van der Waals surface area contributed by atoms with Gasteiger partial charge in [-0.15, -0.1) is 0 Å². The van der Waals surface area contributed by atoms with Gasteiger partial charge in [0.2, 0.25) is 5.91 Å². The van der Waals surface area contributed by atoms with Crippen LogP contribution in [0.5, 0.6) is 0 Å². The molecule has 2 amide bonds. The van der Waals surface area contributed by atoms with E-state index < -0.39 is 17.7 Å². The average Bonchev–Trinajstić information content (AvgIpc) is 3.01. The van der Waals surface area contributed by atoms with Crippen molar-refractivity contribution in [1.82, 2.24) is 9.80 Å². The minimum absolute atomic E-state index is 0.0401. The minimum Gasteiger partial charge on any atom is -0.469 e. The first kappa shape index (κ1) is 18.5. The van der Waals surface area contributed by atoms with E-state index in [0.717, 1.165) is 6.42 Å². The third-order valence-electron chi connectivity index (χ3n) is 4.51. The van der Waals surface area contributed by atoms with Crippen molar-refractivity contribution in [2.45, 2.75) is 58.1 Å². The maximum absolute atomic E-state index is 12.8. The van der Waals surface area contributed by atoms with Crippen molar-refractivity contribution in [2.24, 2.45) is 5.92 Å². The third-order valence-corrected chi connectivity index (χ3v) is 4.51. The van der Waals surface area contributed by atoms with Gasteiger partial charge in [-0.25, -0.2) is 4.79 Å². The molecule has 0 aromatic carbocycles. The molecule has 0 bridgehead atoms. The highest BCUT2D eigenvalue weighted by Crippen LogP contribution is 2.25. The Morgan fingerprint density at radius 2 is 1.62 bits per heavy atom. The number of amides is 2. The van der Waals surface area contributed by atoms with Crippen LogP contribution in [0.25, 0.3) is 0 Å². The van der Waals surface area contributed by atoms with Gasteiger partial charge in [-0.1, -0.05) is 0 Å². The summed E-state index contributed by atoms with van der Waals surface area (Å²) in [6, 6.07) is -0.450. The fraction of sp³-hybridized carbons (Fsp3) is 0.824. The Bertz CT molecular complexity index is 492. The van der Waals surface area contributed by atoms with Crippen molar-refractivity contribution in [2.75, 3.05) is 26.7 Å². The predicted molar refractivity (Wildman–Crippen MR) is 87.3 cm³/mol. The zero-order chi connectivity index (χ0) is 17.9. The predicted octanol–water partition coefficient (Wildman–Crippen LogP) is 1.80. The highest BCUT2D eigenvalue weighted by atomic mass is 16.6. The Morgan fingerprint density at radius 1 is 1.00 bits per heavy atom. The van der Waals surface area contributed by atoms with E-state index in [2.05, 4.69) is 0 Å². The second-order valence-electron chi connectivity index (χ2n) is 7.45. The summed E-state index contributed by atoms with van der Waals surface area (Å²) >= 11 is 0. The Hall–Kier alpha value is -1.79.